The first-order chi connectivity index (χ1) is 9.56. The van der Waals surface area contributed by atoms with Crippen molar-refractivity contribution in [3.63, 3.8) is 0 Å². The second-order valence-corrected chi connectivity index (χ2v) is 4.90. The van der Waals surface area contributed by atoms with Crippen LogP contribution >= 0.6 is 0 Å². The number of carbonyl (C=O) groups is 2. The highest BCUT2D eigenvalue weighted by atomic mass is 16.4. The van der Waals surface area contributed by atoms with E-state index in [9.17, 15) is 9.59 Å². The lowest BCUT2D eigenvalue weighted by molar-refractivity contribution is -0.117. The van der Waals surface area contributed by atoms with Crippen LogP contribution in [0.15, 0.2) is 18.2 Å². The summed E-state index contributed by atoms with van der Waals surface area (Å²) in [6, 6.07) is 4.90. The van der Waals surface area contributed by atoms with Gasteiger partial charge in [-0.25, -0.2) is 4.79 Å². The minimum atomic E-state index is -0.962. The zero-order valence-electron chi connectivity index (χ0n) is 11.9. The molecule has 0 atom stereocenters. The minimum Gasteiger partial charge on any atom is -0.478 e. The molecule has 108 valence electrons. The molecule has 0 saturated heterocycles. The second-order valence-electron chi connectivity index (χ2n) is 4.90. The van der Waals surface area contributed by atoms with E-state index in [2.05, 4.69) is 18.7 Å². The van der Waals surface area contributed by atoms with Gasteiger partial charge in [-0.05, 0) is 30.8 Å². The molecule has 2 rings (SSSR count). The average Bonchev–Trinajstić information content (AvgIpc) is 2.75. The zero-order valence-corrected chi connectivity index (χ0v) is 11.9. The van der Waals surface area contributed by atoms with E-state index < -0.39 is 5.97 Å². The number of likely N-dealkylation sites (N-methyl/N-ethyl adjacent to an activating group) is 1. The van der Waals surface area contributed by atoms with Crippen LogP contribution in [0, 0.1) is 0 Å². The Hall–Kier alpha value is -1.88. The second kappa shape index (κ2) is 6.05. The molecule has 1 amide bonds. The Labute approximate surface area is 118 Å². The highest BCUT2D eigenvalue weighted by Gasteiger charge is 2.27. The standard InChI is InChI=1S/C15H20N2O3/c1-3-16(4-2)7-8-17-13-9-12(15(19)20)6-5-11(13)10-14(17)18/h5-6,9H,3-4,7-8,10H2,1-2H3,(H,19,20). The van der Waals surface area contributed by atoms with Crippen LogP contribution < -0.4 is 4.90 Å². The molecule has 1 heterocycles. The smallest absolute Gasteiger partial charge is 0.335 e. The third-order valence-electron chi connectivity index (χ3n) is 3.80. The number of carboxylic acid groups (broad SMARTS) is 1. The fourth-order valence-corrected chi connectivity index (χ4v) is 2.52. The van der Waals surface area contributed by atoms with Crippen LogP contribution in [-0.2, 0) is 11.2 Å². The minimum absolute atomic E-state index is 0.0506. The molecular weight excluding hydrogens is 256 g/mol. The first kappa shape index (κ1) is 14.5. The molecule has 0 fully saturated rings. The van der Waals surface area contributed by atoms with Crippen molar-refractivity contribution in [1.82, 2.24) is 4.90 Å². The lowest BCUT2D eigenvalue weighted by Crippen LogP contribution is -2.36. The number of aromatic carboxylic acids is 1. The molecule has 1 aliphatic rings. The van der Waals surface area contributed by atoms with Crippen molar-refractivity contribution in [2.75, 3.05) is 31.1 Å². The number of nitrogens with zero attached hydrogens (tertiary/aromatic N) is 2. The molecule has 0 aromatic heterocycles. The number of benzene rings is 1. The molecular formula is C15H20N2O3. The van der Waals surface area contributed by atoms with Crippen molar-refractivity contribution in [1.29, 1.82) is 0 Å². The Morgan fingerprint density at radius 2 is 2.05 bits per heavy atom. The molecule has 1 aromatic rings. The molecule has 0 bridgehead atoms. The van der Waals surface area contributed by atoms with Crippen molar-refractivity contribution >= 4 is 17.6 Å². The van der Waals surface area contributed by atoms with E-state index >= 15 is 0 Å². The number of anilines is 1. The van der Waals surface area contributed by atoms with Gasteiger partial charge < -0.3 is 14.9 Å². The summed E-state index contributed by atoms with van der Waals surface area (Å²) < 4.78 is 0. The van der Waals surface area contributed by atoms with Crippen molar-refractivity contribution < 1.29 is 14.7 Å². The average molecular weight is 276 g/mol. The largest absolute Gasteiger partial charge is 0.478 e. The normalized spacial score (nSPS) is 13.9. The van der Waals surface area contributed by atoms with Gasteiger partial charge in [-0.3, -0.25) is 4.79 Å². The molecule has 5 heteroatoms. The summed E-state index contributed by atoms with van der Waals surface area (Å²) in [5.74, 6) is -0.912. The number of hydrogen-bond acceptors (Lipinski definition) is 3. The fourth-order valence-electron chi connectivity index (χ4n) is 2.52. The van der Waals surface area contributed by atoms with Crippen LogP contribution in [0.4, 0.5) is 5.69 Å². The SMILES string of the molecule is CCN(CC)CCN1C(=O)Cc2ccc(C(=O)O)cc21. The highest BCUT2D eigenvalue weighted by Crippen LogP contribution is 2.29. The van der Waals surface area contributed by atoms with Gasteiger partial charge >= 0.3 is 5.97 Å². The molecule has 5 nitrogen and oxygen atoms in total. The van der Waals surface area contributed by atoms with Gasteiger partial charge in [0.25, 0.3) is 0 Å². The van der Waals surface area contributed by atoms with Crippen LogP contribution in [0.5, 0.6) is 0 Å². The lowest BCUT2D eigenvalue weighted by Gasteiger charge is -2.23. The van der Waals surface area contributed by atoms with E-state index in [0.717, 1.165) is 30.9 Å². The molecule has 1 aliphatic heterocycles. The summed E-state index contributed by atoms with van der Waals surface area (Å²) in [6.07, 6.45) is 0.369. The van der Waals surface area contributed by atoms with Gasteiger partial charge in [0, 0.05) is 18.8 Å². The van der Waals surface area contributed by atoms with E-state index in [4.69, 9.17) is 5.11 Å². The molecule has 0 aliphatic carbocycles. The van der Waals surface area contributed by atoms with Gasteiger partial charge in [-0.15, -0.1) is 0 Å². The molecule has 0 spiro atoms. The summed E-state index contributed by atoms with van der Waals surface area (Å²) in [5, 5.41) is 9.05. The summed E-state index contributed by atoms with van der Waals surface area (Å²) in [5.41, 5.74) is 1.90. The summed E-state index contributed by atoms with van der Waals surface area (Å²) in [6.45, 7) is 7.48. The van der Waals surface area contributed by atoms with Crippen molar-refractivity contribution in [3.05, 3.63) is 29.3 Å². The quantitative estimate of drug-likeness (QED) is 0.857. The number of carbonyl (C=O) groups excluding carboxylic acids is 1. The van der Waals surface area contributed by atoms with Gasteiger partial charge in [-0.2, -0.15) is 0 Å². The van der Waals surface area contributed by atoms with E-state index in [-0.39, 0.29) is 11.5 Å². The van der Waals surface area contributed by atoms with Gasteiger partial charge in [0.2, 0.25) is 5.91 Å². The van der Waals surface area contributed by atoms with Crippen LogP contribution in [0.2, 0.25) is 0 Å². The molecule has 20 heavy (non-hydrogen) atoms. The summed E-state index contributed by atoms with van der Waals surface area (Å²) in [4.78, 5) is 27.0. The third kappa shape index (κ3) is 2.82. The van der Waals surface area contributed by atoms with Gasteiger partial charge in [0.1, 0.15) is 0 Å². The van der Waals surface area contributed by atoms with E-state index in [1.54, 1.807) is 23.1 Å². The molecule has 1 aromatic carbocycles. The summed E-state index contributed by atoms with van der Waals surface area (Å²) in [7, 11) is 0. The number of amides is 1. The maximum Gasteiger partial charge on any atom is 0.335 e. The Kier molecular flexibility index (Phi) is 4.39. The predicted molar refractivity (Wildman–Crippen MR) is 77.2 cm³/mol. The Morgan fingerprint density at radius 3 is 2.65 bits per heavy atom. The zero-order chi connectivity index (χ0) is 14.7. The number of rotatable bonds is 6. The van der Waals surface area contributed by atoms with Crippen molar-refractivity contribution in [2.45, 2.75) is 20.3 Å². The maximum atomic E-state index is 12.1. The molecule has 0 radical (unpaired) electrons. The van der Waals surface area contributed by atoms with Crippen molar-refractivity contribution in [3.8, 4) is 0 Å². The lowest BCUT2D eigenvalue weighted by atomic mass is 10.1. The van der Waals surface area contributed by atoms with Crippen LogP contribution in [-0.4, -0.2) is 48.1 Å². The first-order valence-electron chi connectivity index (χ1n) is 6.95. The van der Waals surface area contributed by atoms with Crippen LogP contribution in [0.1, 0.15) is 29.8 Å². The molecule has 0 saturated carbocycles. The van der Waals surface area contributed by atoms with Crippen LogP contribution in [0.25, 0.3) is 0 Å². The third-order valence-corrected chi connectivity index (χ3v) is 3.80. The number of fused-ring (bicyclic) bond motifs is 1. The van der Waals surface area contributed by atoms with E-state index in [0.29, 0.717) is 13.0 Å². The predicted octanol–water partition coefficient (Wildman–Crippen LogP) is 1.62. The van der Waals surface area contributed by atoms with Gasteiger partial charge in [0.15, 0.2) is 0 Å². The molecule has 0 unspecified atom stereocenters. The Bertz CT molecular complexity index is 524. The number of hydrogen-bond donors (Lipinski definition) is 1. The Balaban J connectivity index is 2.18. The first-order valence-corrected chi connectivity index (χ1v) is 6.95. The Morgan fingerprint density at radius 1 is 1.35 bits per heavy atom. The van der Waals surface area contributed by atoms with Crippen molar-refractivity contribution in [2.24, 2.45) is 0 Å². The number of carboxylic acids is 1. The van der Waals surface area contributed by atoms with Gasteiger partial charge in [0.05, 0.1) is 12.0 Å². The van der Waals surface area contributed by atoms with E-state index in [1.165, 1.54) is 0 Å². The topological polar surface area (TPSA) is 60.9 Å². The monoisotopic (exact) mass is 276 g/mol. The summed E-state index contributed by atoms with van der Waals surface area (Å²) >= 11 is 0. The fraction of sp³-hybridized carbons (Fsp3) is 0.467. The molecule has 1 N–H and O–H groups in total. The van der Waals surface area contributed by atoms with Crippen LogP contribution in [0.3, 0.4) is 0 Å². The maximum absolute atomic E-state index is 12.1. The van der Waals surface area contributed by atoms with Gasteiger partial charge in [-0.1, -0.05) is 19.9 Å². The van der Waals surface area contributed by atoms with E-state index in [1.807, 2.05) is 0 Å². The highest BCUT2D eigenvalue weighted by molar-refractivity contribution is 6.03.